The lowest BCUT2D eigenvalue weighted by Crippen LogP contribution is -1.89. The maximum atomic E-state index is 6.07. The van der Waals surface area contributed by atoms with Gasteiger partial charge in [-0.3, -0.25) is 0 Å². The van der Waals surface area contributed by atoms with E-state index in [0.29, 0.717) is 10.3 Å². The third-order valence-electron chi connectivity index (χ3n) is 3.66. The lowest BCUT2D eigenvalue weighted by Gasteiger charge is -2.09. The molecule has 0 atom stereocenters. The fraction of sp³-hybridized carbons (Fsp3) is 0. The Labute approximate surface area is 137 Å². The van der Waals surface area contributed by atoms with Crippen LogP contribution in [0.25, 0.3) is 32.9 Å². The minimum absolute atomic E-state index is 0.478. The van der Waals surface area contributed by atoms with Gasteiger partial charge in [-0.05, 0) is 24.3 Å². The molecule has 0 saturated carbocycles. The molecule has 0 aliphatic heterocycles. The first-order valence-electron chi connectivity index (χ1n) is 6.83. The van der Waals surface area contributed by atoms with Crippen molar-refractivity contribution in [2.75, 3.05) is 0 Å². The Balaban J connectivity index is 2.11. The van der Waals surface area contributed by atoms with Crippen molar-refractivity contribution in [3.05, 3.63) is 71.0 Å². The molecular weight excluding hydrogens is 315 g/mol. The Hall–Kier alpha value is -2.16. The molecule has 106 valence electrons. The van der Waals surface area contributed by atoms with Crippen molar-refractivity contribution >= 4 is 45.0 Å². The van der Waals surface area contributed by atoms with Crippen LogP contribution in [0, 0.1) is 0 Å². The molecule has 2 nitrogen and oxygen atoms in total. The van der Waals surface area contributed by atoms with E-state index in [4.69, 9.17) is 23.2 Å². The van der Waals surface area contributed by atoms with Crippen LogP contribution in [0.3, 0.4) is 0 Å². The fourth-order valence-corrected chi connectivity index (χ4v) is 2.98. The number of hydrogen-bond donors (Lipinski definition) is 0. The molecule has 0 bridgehead atoms. The lowest BCUT2D eigenvalue weighted by atomic mass is 9.99. The molecule has 0 aliphatic rings. The van der Waals surface area contributed by atoms with Gasteiger partial charge in [-0.15, -0.1) is 0 Å². The third kappa shape index (κ3) is 2.21. The van der Waals surface area contributed by atoms with E-state index in [2.05, 4.69) is 9.97 Å². The first kappa shape index (κ1) is 13.5. The first-order chi connectivity index (χ1) is 10.7. The van der Waals surface area contributed by atoms with Crippen molar-refractivity contribution in [2.45, 2.75) is 0 Å². The van der Waals surface area contributed by atoms with E-state index in [1.54, 1.807) is 12.1 Å². The molecule has 0 unspecified atom stereocenters. The van der Waals surface area contributed by atoms with Crippen LogP contribution in [0.2, 0.25) is 10.3 Å². The van der Waals surface area contributed by atoms with E-state index < -0.39 is 0 Å². The summed E-state index contributed by atoms with van der Waals surface area (Å²) in [4.78, 5) is 8.97. The fourth-order valence-electron chi connectivity index (χ4n) is 2.68. The predicted molar refractivity (Wildman–Crippen MR) is 92.5 cm³/mol. The van der Waals surface area contributed by atoms with Gasteiger partial charge in [0.15, 0.2) is 0 Å². The average Bonchev–Trinajstić information content (AvgIpc) is 2.54. The minimum atomic E-state index is 0.478. The topological polar surface area (TPSA) is 25.8 Å². The Morgan fingerprint density at radius 1 is 0.545 bits per heavy atom. The Kier molecular flexibility index (Phi) is 3.21. The molecule has 0 aliphatic carbocycles. The summed E-state index contributed by atoms with van der Waals surface area (Å²) in [6, 6.07) is 19.7. The van der Waals surface area contributed by atoms with Crippen molar-refractivity contribution in [3.8, 4) is 11.1 Å². The van der Waals surface area contributed by atoms with E-state index in [-0.39, 0.29) is 0 Å². The number of pyridine rings is 2. The molecule has 0 N–H and O–H groups in total. The molecule has 2 aromatic heterocycles. The summed E-state index contributed by atoms with van der Waals surface area (Å²) in [5.41, 5.74) is 3.73. The standard InChI is InChI=1S/C18H10Cl2N2/c19-15-9-7-11-3-1-5-13(17(11)21-15)14-6-2-4-12-8-10-16(20)22-18(12)14/h1-10H. The summed E-state index contributed by atoms with van der Waals surface area (Å²) in [5, 5.41) is 3.04. The molecule has 4 rings (SSSR count). The molecule has 0 spiro atoms. The molecule has 4 heteroatoms. The molecule has 2 aromatic carbocycles. The van der Waals surface area contributed by atoms with E-state index in [9.17, 15) is 0 Å². The minimum Gasteiger partial charge on any atom is -0.235 e. The van der Waals surface area contributed by atoms with Gasteiger partial charge in [0, 0.05) is 21.9 Å². The van der Waals surface area contributed by atoms with Crippen LogP contribution in [0.1, 0.15) is 0 Å². The van der Waals surface area contributed by atoms with Crippen LogP contribution in [-0.2, 0) is 0 Å². The molecule has 0 radical (unpaired) electrons. The Morgan fingerprint density at radius 2 is 1.00 bits per heavy atom. The molecule has 0 saturated heterocycles. The number of aromatic nitrogens is 2. The third-order valence-corrected chi connectivity index (χ3v) is 4.08. The van der Waals surface area contributed by atoms with Gasteiger partial charge in [0.05, 0.1) is 11.0 Å². The summed E-state index contributed by atoms with van der Waals surface area (Å²) in [6.45, 7) is 0. The van der Waals surface area contributed by atoms with Gasteiger partial charge < -0.3 is 0 Å². The van der Waals surface area contributed by atoms with Crippen molar-refractivity contribution in [1.82, 2.24) is 9.97 Å². The van der Waals surface area contributed by atoms with Crippen LogP contribution in [0.15, 0.2) is 60.7 Å². The van der Waals surface area contributed by atoms with Crippen LogP contribution in [0.5, 0.6) is 0 Å². The number of halogens is 2. The van der Waals surface area contributed by atoms with E-state index in [1.807, 2.05) is 48.5 Å². The summed E-state index contributed by atoms with van der Waals surface area (Å²) in [6.07, 6.45) is 0. The lowest BCUT2D eigenvalue weighted by molar-refractivity contribution is 1.39. The van der Waals surface area contributed by atoms with Gasteiger partial charge in [0.2, 0.25) is 0 Å². The predicted octanol–water partition coefficient (Wildman–Crippen LogP) is 5.76. The second-order valence-corrected chi connectivity index (χ2v) is 5.80. The first-order valence-corrected chi connectivity index (χ1v) is 7.59. The van der Waals surface area contributed by atoms with Gasteiger partial charge >= 0.3 is 0 Å². The zero-order chi connectivity index (χ0) is 15.1. The largest absolute Gasteiger partial charge is 0.235 e. The molecule has 0 fully saturated rings. The number of hydrogen-bond acceptors (Lipinski definition) is 2. The van der Waals surface area contributed by atoms with E-state index >= 15 is 0 Å². The van der Waals surface area contributed by atoms with Crippen molar-refractivity contribution in [2.24, 2.45) is 0 Å². The van der Waals surface area contributed by atoms with E-state index in [1.165, 1.54) is 0 Å². The monoisotopic (exact) mass is 324 g/mol. The summed E-state index contributed by atoms with van der Waals surface area (Å²) < 4.78 is 0. The highest BCUT2D eigenvalue weighted by Crippen LogP contribution is 2.33. The molecule has 2 heterocycles. The molecule has 4 aromatic rings. The maximum absolute atomic E-state index is 6.07. The highest BCUT2D eigenvalue weighted by Gasteiger charge is 2.10. The summed E-state index contributed by atoms with van der Waals surface area (Å²) >= 11 is 12.1. The quantitative estimate of drug-likeness (QED) is 0.416. The van der Waals surface area contributed by atoms with Gasteiger partial charge in [0.1, 0.15) is 10.3 Å². The molecule has 22 heavy (non-hydrogen) atoms. The zero-order valence-electron chi connectivity index (χ0n) is 11.4. The van der Waals surface area contributed by atoms with Gasteiger partial charge in [0.25, 0.3) is 0 Å². The number of fused-ring (bicyclic) bond motifs is 2. The van der Waals surface area contributed by atoms with Gasteiger partial charge in [-0.25, -0.2) is 9.97 Å². The Morgan fingerprint density at radius 3 is 1.45 bits per heavy atom. The number of benzene rings is 2. The van der Waals surface area contributed by atoms with Crippen molar-refractivity contribution < 1.29 is 0 Å². The zero-order valence-corrected chi connectivity index (χ0v) is 12.9. The van der Waals surface area contributed by atoms with Crippen LogP contribution >= 0.6 is 23.2 Å². The number of para-hydroxylation sites is 2. The molecular formula is C18H10Cl2N2. The second-order valence-electron chi connectivity index (χ2n) is 5.02. The van der Waals surface area contributed by atoms with Gasteiger partial charge in [-0.2, -0.15) is 0 Å². The normalized spacial score (nSPS) is 11.2. The van der Waals surface area contributed by atoms with E-state index in [0.717, 1.165) is 32.9 Å². The van der Waals surface area contributed by atoms with Crippen molar-refractivity contribution in [1.29, 1.82) is 0 Å². The van der Waals surface area contributed by atoms with Crippen LogP contribution in [0.4, 0.5) is 0 Å². The van der Waals surface area contributed by atoms with Crippen molar-refractivity contribution in [3.63, 3.8) is 0 Å². The number of rotatable bonds is 1. The maximum Gasteiger partial charge on any atom is 0.129 e. The SMILES string of the molecule is Clc1ccc2cccc(-c3cccc4ccc(Cl)nc34)c2n1. The average molecular weight is 325 g/mol. The molecule has 0 amide bonds. The second kappa shape index (κ2) is 5.24. The van der Waals surface area contributed by atoms with Crippen LogP contribution < -0.4 is 0 Å². The number of nitrogens with zero attached hydrogens (tertiary/aromatic N) is 2. The smallest absolute Gasteiger partial charge is 0.129 e. The highest BCUT2D eigenvalue weighted by atomic mass is 35.5. The highest BCUT2D eigenvalue weighted by molar-refractivity contribution is 6.30. The summed E-state index contributed by atoms with van der Waals surface area (Å²) in [7, 11) is 0. The van der Waals surface area contributed by atoms with Gasteiger partial charge in [-0.1, -0.05) is 59.6 Å². The van der Waals surface area contributed by atoms with Crippen LogP contribution in [-0.4, -0.2) is 9.97 Å². The summed E-state index contributed by atoms with van der Waals surface area (Å²) in [5.74, 6) is 0. The Bertz CT molecular complexity index is 929.